The van der Waals surface area contributed by atoms with Gasteiger partial charge in [-0.15, -0.1) is 12.4 Å². The molecule has 0 amide bonds. The summed E-state index contributed by atoms with van der Waals surface area (Å²) < 4.78 is 37.3. The summed E-state index contributed by atoms with van der Waals surface area (Å²) in [7, 11) is 1.70. The zero-order chi connectivity index (χ0) is 13.6. The van der Waals surface area contributed by atoms with Crippen LogP contribution in [0.25, 0.3) is 0 Å². The zero-order valence-electron chi connectivity index (χ0n) is 10.4. The van der Waals surface area contributed by atoms with Gasteiger partial charge in [0.2, 0.25) is 0 Å². The molecule has 0 saturated carbocycles. The molecule has 1 heterocycles. The molecule has 1 aromatic heterocycles. The molecule has 0 aliphatic rings. The number of aromatic nitrogens is 1. The second-order valence-corrected chi connectivity index (χ2v) is 4.30. The lowest BCUT2D eigenvalue weighted by molar-refractivity contribution is -0.146. The second-order valence-electron chi connectivity index (χ2n) is 3.90. The van der Waals surface area contributed by atoms with Gasteiger partial charge in [-0.3, -0.25) is 9.88 Å². The number of likely N-dealkylation sites (N-methyl/N-ethyl adjacent to an activating group) is 1. The number of pyridine rings is 1. The Kier molecular flexibility index (Phi) is 8.33. The molecule has 0 aromatic carbocycles. The van der Waals surface area contributed by atoms with E-state index in [0.29, 0.717) is 23.7 Å². The van der Waals surface area contributed by atoms with Gasteiger partial charge in [0.1, 0.15) is 0 Å². The van der Waals surface area contributed by atoms with Gasteiger partial charge in [0.25, 0.3) is 0 Å². The molecule has 0 unspecified atom stereocenters. The molecule has 3 nitrogen and oxygen atoms in total. The molecule has 1 N–H and O–H groups in total. The van der Waals surface area contributed by atoms with E-state index in [1.54, 1.807) is 13.1 Å². The summed E-state index contributed by atoms with van der Waals surface area (Å²) in [5.74, 6) is 0. The first-order valence-electron chi connectivity index (χ1n) is 5.44. The first-order chi connectivity index (χ1) is 8.42. The summed E-state index contributed by atoms with van der Waals surface area (Å²) in [6.07, 6.45) is -1.26. The van der Waals surface area contributed by atoms with E-state index in [9.17, 15) is 13.2 Å². The van der Waals surface area contributed by atoms with E-state index in [1.165, 1.54) is 17.3 Å². The van der Waals surface area contributed by atoms with Crippen LogP contribution in [0.5, 0.6) is 0 Å². The van der Waals surface area contributed by atoms with Gasteiger partial charge < -0.3 is 5.32 Å². The highest BCUT2D eigenvalue weighted by Gasteiger charge is 2.30. The van der Waals surface area contributed by atoms with Crippen LogP contribution in [0.4, 0.5) is 13.2 Å². The molecule has 19 heavy (non-hydrogen) atoms. The maximum absolute atomic E-state index is 12.4. The average Bonchev–Trinajstić information content (AvgIpc) is 2.27. The molecule has 0 saturated heterocycles. The normalized spacial score (nSPS) is 11.5. The van der Waals surface area contributed by atoms with Gasteiger partial charge in [-0.25, -0.2) is 0 Å². The van der Waals surface area contributed by atoms with Crippen LogP contribution in [0.15, 0.2) is 18.5 Å². The number of hydrogen-bond acceptors (Lipinski definition) is 3. The molecule has 110 valence electrons. The van der Waals surface area contributed by atoms with Crippen molar-refractivity contribution in [2.24, 2.45) is 0 Å². The molecule has 0 aliphatic heterocycles. The summed E-state index contributed by atoms with van der Waals surface area (Å²) in [5, 5.41) is 3.21. The number of nitrogens with one attached hydrogen (secondary N) is 1. The fraction of sp³-hybridized carbons (Fsp3) is 0.545. The van der Waals surface area contributed by atoms with Gasteiger partial charge in [0.15, 0.2) is 0 Å². The molecule has 0 aliphatic carbocycles. The van der Waals surface area contributed by atoms with Gasteiger partial charge in [-0.2, -0.15) is 13.2 Å². The highest BCUT2D eigenvalue weighted by Crippen LogP contribution is 2.20. The largest absolute Gasteiger partial charge is 0.401 e. The predicted octanol–water partition coefficient (Wildman–Crippen LogP) is 2.74. The predicted molar refractivity (Wildman–Crippen MR) is 71.8 cm³/mol. The first kappa shape index (κ1) is 18.4. The minimum Gasteiger partial charge on any atom is -0.318 e. The Balaban J connectivity index is 0.00000324. The SMILES string of the molecule is CNCCN(Cc1ccncc1Cl)CC(F)(F)F.Cl. The standard InChI is InChI=1S/C11H15ClF3N3.ClH/c1-16-4-5-18(8-11(13,14)15)7-9-2-3-17-6-10(9)12;/h2-3,6,16H,4-5,7-8H2,1H3;1H. The van der Waals surface area contributed by atoms with Gasteiger partial charge in [0.05, 0.1) is 11.6 Å². The lowest BCUT2D eigenvalue weighted by Crippen LogP contribution is -2.37. The Hall–Kier alpha value is -0.560. The van der Waals surface area contributed by atoms with Crippen LogP contribution in [-0.4, -0.2) is 42.7 Å². The Morgan fingerprint density at radius 1 is 1.42 bits per heavy atom. The van der Waals surface area contributed by atoms with Crippen LogP contribution >= 0.6 is 24.0 Å². The summed E-state index contributed by atoms with van der Waals surface area (Å²) in [5.41, 5.74) is 0.645. The Bertz CT molecular complexity index is 374. The minimum absolute atomic E-state index is 0. The van der Waals surface area contributed by atoms with Crippen molar-refractivity contribution in [2.75, 3.05) is 26.7 Å². The van der Waals surface area contributed by atoms with E-state index in [1.807, 2.05) is 0 Å². The van der Waals surface area contributed by atoms with Gasteiger partial charge in [-0.05, 0) is 18.7 Å². The summed E-state index contributed by atoms with van der Waals surface area (Å²) >= 11 is 5.89. The molecule has 0 atom stereocenters. The van der Waals surface area contributed by atoms with Gasteiger partial charge >= 0.3 is 6.18 Å². The minimum atomic E-state index is -4.22. The maximum atomic E-state index is 12.4. The molecule has 0 bridgehead atoms. The number of hydrogen-bond donors (Lipinski definition) is 1. The van der Waals surface area contributed by atoms with E-state index in [4.69, 9.17) is 11.6 Å². The Labute approximate surface area is 121 Å². The molecule has 0 fully saturated rings. The zero-order valence-corrected chi connectivity index (χ0v) is 11.9. The highest BCUT2D eigenvalue weighted by molar-refractivity contribution is 6.31. The molecular formula is C11H16Cl2F3N3. The van der Waals surface area contributed by atoms with Crippen molar-refractivity contribution in [2.45, 2.75) is 12.7 Å². The molecule has 1 aromatic rings. The van der Waals surface area contributed by atoms with E-state index in [2.05, 4.69) is 10.3 Å². The topological polar surface area (TPSA) is 28.2 Å². The third-order valence-electron chi connectivity index (χ3n) is 2.33. The van der Waals surface area contributed by atoms with Crippen LogP contribution in [-0.2, 0) is 6.54 Å². The van der Waals surface area contributed by atoms with E-state index >= 15 is 0 Å². The average molecular weight is 318 g/mol. The third kappa shape index (κ3) is 7.57. The van der Waals surface area contributed by atoms with E-state index in [0.717, 1.165) is 0 Å². The quantitative estimate of drug-likeness (QED) is 0.874. The van der Waals surface area contributed by atoms with Crippen LogP contribution < -0.4 is 5.32 Å². The number of nitrogens with zero attached hydrogens (tertiary/aromatic N) is 2. The molecule has 8 heteroatoms. The lowest BCUT2D eigenvalue weighted by atomic mass is 10.2. The van der Waals surface area contributed by atoms with Crippen molar-refractivity contribution in [3.8, 4) is 0 Å². The maximum Gasteiger partial charge on any atom is 0.401 e. The third-order valence-corrected chi connectivity index (χ3v) is 2.67. The van der Waals surface area contributed by atoms with Gasteiger partial charge in [-0.1, -0.05) is 11.6 Å². The van der Waals surface area contributed by atoms with Crippen molar-refractivity contribution >= 4 is 24.0 Å². The van der Waals surface area contributed by atoms with Crippen molar-refractivity contribution in [1.29, 1.82) is 0 Å². The van der Waals surface area contributed by atoms with Crippen LogP contribution in [0.1, 0.15) is 5.56 Å². The fourth-order valence-electron chi connectivity index (χ4n) is 1.51. The monoisotopic (exact) mass is 317 g/mol. The molecular weight excluding hydrogens is 302 g/mol. The second kappa shape index (κ2) is 8.58. The first-order valence-corrected chi connectivity index (χ1v) is 5.82. The van der Waals surface area contributed by atoms with Crippen molar-refractivity contribution in [1.82, 2.24) is 15.2 Å². The summed E-state index contributed by atoms with van der Waals surface area (Å²) in [6.45, 7) is -0.0106. The number of rotatable bonds is 6. The van der Waals surface area contributed by atoms with Crippen LogP contribution in [0, 0.1) is 0 Å². The number of alkyl halides is 3. The van der Waals surface area contributed by atoms with Gasteiger partial charge in [0, 0.05) is 32.0 Å². The Morgan fingerprint density at radius 2 is 2.11 bits per heavy atom. The highest BCUT2D eigenvalue weighted by atomic mass is 35.5. The summed E-state index contributed by atoms with van der Waals surface area (Å²) in [6, 6.07) is 1.63. The smallest absolute Gasteiger partial charge is 0.318 e. The van der Waals surface area contributed by atoms with Crippen molar-refractivity contribution < 1.29 is 13.2 Å². The van der Waals surface area contributed by atoms with Crippen molar-refractivity contribution in [3.63, 3.8) is 0 Å². The Morgan fingerprint density at radius 3 is 2.63 bits per heavy atom. The molecule has 1 rings (SSSR count). The lowest BCUT2D eigenvalue weighted by Gasteiger charge is -2.23. The molecule has 0 radical (unpaired) electrons. The van der Waals surface area contributed by atoms with Crippen molar-refractivity contribution in [3.05, 3.63) is 29.0 Å². The fourth-order valence-corrected chi connectivity index (χ4v) is 1.69. The number of halogens is 5. The molecule has 0 spiro atoms. The van der Waals surface area contributed by atoms with E-state index < -0.39 is 12.7 Å². The summed E-state index contributed by atoms with van der Waals surface area (Å²) in [4.78, 5) is 5.11. The van der Waals surface area contributed by atoms with E-state index in [-0.39, 0.29) is 19.0 Å². The van der Waals surface area contributed by atoms with Crippen LogP contribution in [0.3, 0.4) is 0 Å². The van der Waals surface area contributed by atoms with Crippen LogP contribution in [0.2, 0.25) is 5.02 Å².